The summed E-state index contributed by atoms with van der Waals surface area (Å²) in [6, 6.07) is 8.15. The molecule has 0 aliphatic carbocycles. The number of benzene rings is 1. The summed E-state index contributed by atoms with van der Waals surface area (Å²) in [6.45, 7) is 4.05. The third-order valence-electron chi connectivity index (χ3n) is 3.96. The average molecular weight is 293 g/mol. The smallest absolute Gasteiger partial charge is 0.305 e. The molecule has 1 heterocycles. The molecule has 0 spiro atoms. The summed E-state index contributed by atoms with van der Waals surface area (Å²) < 4.78 is 10.8. The summed E-state index contributed by atoms with van der Waals surface area (Å²) in [4.78, 5) is 13.2. The van der Waals surface area contributed by atoms with Gasteiger partial charge in [-0.3, -0.25) is 9.69 Å². The highest BCUT2D eigenvalue weighted by atomic mass is 16.5. The van der Waals surface area contributed by atoms with Crippen LogP contribution in [0, 0.1) is 0 Å². The molecule has 5 heteroatoms. The molecule has 5 nitrogen and oxygen atoms in total. The van der Waals surface area contributed by atoms with E-state index >= 15 is 0 Å². The van der Waals surface area contributed by atoms with Crippen molar-refractivity contribution in [3.05, 3.63) is 29.8 Å². The van der Waals surface area contributed by atoms with E-state index in [2.05, 4.69) is 17.9 Å². The zero-order chi connectivity index (χ0) is 15.2. The van der Waals surface area contributed by atoms with Crippen molar-refractivity contribution in [1.29, 1.82) is 0 Å². The molecule has 1 aromatic carbocycles. The molecule has 1 aliphatic rings. The van der Waals surface area contributed by atoms with E-state index < -0.39 is 5.97 Å². The van der Waals surface area contributed by atoms with E-state index in [1.165, 1.54) is 0 Å². The molecule has 0 radical (unpaired) electrons. The molecule has 1 N–H and O–H groups in total. The second-order valence-corrected chi connectivity index (χ2v) is 5.43. The summed E-state index contributed by atoms with van der Waals surface area (Å²) in [5.74, 6) is 0.104. The van der Waals surface area contributed by atoms with Crippen LogP contribution in [0.4, 0.5) is 0 Å². The van der Waals surface area contributed by atoms with Crippen LogP contribution in [0.25, 0.3) is 0 Å². The molecule has 21 heavy (non-hydrogen) atoms. The molecule has 2 unspecified atom stereocenters. The van der Waals surface area contributed by atoms with Gasteiger partial charge < -0.3 is 14.6 Å². The van der Waals surface area contributed by atoms with E-state index in [0.717, 1.165) is 24.3 Å². The fourth-order valence-electron chi connectivity index (χ4n) is 2.93. The standard InChI is InChI=1S/C16H23NO4/c1-12(9-13-5-3-4-6-15(13)20-2)17-7-8-21-11-14(17)10-16(18)19/h3-6,12,14H,7-11H2,1-2H3,(H,18,19). The molecular weight excluding hydrogens is 270 g/mol. The van der Waals surface area contributed by atoms with Gasteiger partial charge in [0.15, 0.2) is 0 Å². The van der Waals surface area contributed by atoms with Crippen LogP contribution in [0.15, 0.2) is 24.3 Å². The fraction of sp³-hybridized carbons (Fsp3) is 0.562. The summed E-state index contributed by atoms with van der Waals surface area (Å²) in [7, 11) is 1.67. The van der Waals surface area contributed by atoms with Crippen molar-refractivity contribution in [3.8, 4) is 5.75 Å². The molecule has 0 saturated carbocycles. The molecule has 0 aromatic heterocycles. The number of para-hydroxylation sites is 1. The normalized spacial score (nSPS) is 21.0. The molecular formula is C16H23NO4. The highest BCUT2D eigenvalue weighted by molar-refractivity contribution is 5.67. The molecule has 1 fully saturated rings. The Morgan fingerprint density at radius 3 is 3.00 bits per heavy atom. The lowest BCUT2D eigenvalue weighted by molar-refractivity contribution is -0.140. The number of methoxy groups -OCH3 is 1. The number of hydrogen-bond donors (Lipinski definition) is 1. The number of hydrogen-bond acceptors (Lipinski definition) is 4. The minimum atomic E-state index is -0.778. The molecule has 0 bridgehead atoms. The van der Waals surface area contributed by atoms with Crippen LogP contribution in [0.5, 0.6) is 5.75 Å². The van der Waals surface area contributed by atoms with Gasteiger partial charge in [-0.15, -0.1) is 0 Å². The van der Waals surface area contributed by atoms with Gasteiger partial charge in [-0.05, 0) is 25.0 Å². The van der Waals surface area contributed by atoms with Crippen molar-refractivity contribution < 1.29 is 19.4 Å². The maximum Gasteiger partial charge on any atom is 0.305 e. The second kappa shape index (κ2) is 7.43. The van der Waals surface area contributed by atoms with E-state index in [4.69, 9.17) is 14.6 Å². The third-order valence-corrected chi connectivity index (χ3v) is 3.96. The number of carboxylic acid groups (broad SMARTS) is 1. The summed E-state index contributed by atoms with van der Waals surface area (Å²) in [5, 5.41) is 9.03. The van der Waals surface area contributed by atoms with Crippen LogP contribution in [0.1, 0.15) is 18.9 Å². The average Bonchev–Trinajstić information content (AvgIpc) is 2.47. The van der Waals surface area contributed by atoms with Crippen molar-refractivity contribution >= 4 is 5.97 Å². The predicted molar refractivity (Wildman–Crippen MR) is 79.7 cm³/mol. The number of carboxylic acids is 1. The largest absolute Gasteiger partial charge is 0.496 e. The van der Waals surface area contributed by atoms with Gasteiger partial charge >= 0.3 is 5.97 Å². The lowest BCUT2D eigenvalue weighted by Gasteiger charge is -2.39. The van der Waals surface area contributed by atoms with Crippen molar-refractivity contribution in [3.63, 3.8) is 0 Å². The maximum absolute atomic E-state index is 11.0. The monoisotopic (exact) mass is 293 g/mol. The number of morpholine rings is 1. The first-order valence-electron chi connectivity index (χ1n) is 7.29. The zero-order valence-electron chi connectivity index (χ0n) is 12.6. The number of aliphatic carboxylic acids is 1. The van der Waals surface area contributed by atoms with Gasteiger partial charge in [0.2, 0.25) is 0 Å². The Hall–Kier alpha value is -1.59. The highest BCUT2D eigenvalue weighted by Gasteiger charge is 2.29. The van der Waals surface area contributed by atoms with Crippen LogP contribution in [0.3, 0.4) is 0 Å². The second-order valence-electron chi connectivity index (χ2n) is 5.43. The van der Waals surface area contributed by atoms with Crippen molar-refractivity contribution in [1.82, 2.24) is 4.90 Å². The van der Waals surface area contributed by atoms with E-state index in [0.29, 0.717) is 13.2 Å². The first-order chi connectivity index (χ1) is 10.1. The summed E-state index contributed by atoms with van der Waals surface area (Å²) in [6.07, 6.45) is 0.955. The SMILES string of the molecule is COc1ccccc1CC(C)N1CCOCC1CC(=O)O. The molecule has 1 aliphatic heterocycles. The minimum absolute atomic E-state index is 0.0547. The van der Waals surface area contributed by atoms with Crippen LogP contribution in [-0.4, -0.2) is 54.9 Å². The predicted octanol–water partition coefficient (Wildman–Crippen LogP) is 1.80. The van der Waals surface area contributed by atoms with Gasteiger partial charge in [0.1, 0.15) is 5.75 Å². The van der Waals surface area contributed by atoms with E-state index in [1.54, 1.807) is 7.11 Å². The van der Waals surface area contributed by atoms with E-state index in [1.807, 2.05) is 18.2 Å². The van der Waals surface area contributed by atoms with Gasteiger partial charge in [-0.25, -0.2) is 0 Å². The van der Waals surface area contributed by atoms with Crippen LogP contribution >= 0.6 is 0 Å². The van der Waals surface area contributed by atoms with Gasteiger partial charge in [0.05, 0.1) is 26.7 Å². The Balaban J connectivity index is 2.06. The molecule has 1 aromatic rings. The number of nitrogens with zero attached hydrogens (tertiary/aromatic N) is 1. The Morgan fingerprint density at radius 1 is 1.52 bits per heavy atom. The third kappa shape index (κ3) is 4.19. The topological polar surface area (TPSA) is 59.0 Å². The maximum atomic E-state index is 11.0. The Bertz CT molecular complexity index is 477. The molecule has 2 rings (SSSR count). The van der Waals surface area contributed by atoms with Crippen molar-refractivity contribution in [2.75, 3.05) is 26.9 Å². The Morgan fingerprint density at radius 2 is 2.29 bits per heavy atom. The lowest BCUT2D eigenvalue weighted by Crippen LogP contribution is -2.51. The van der Waals surface area contributed by atoms with Gasteiger partial charge in [-0.1, -0.05) is 18.2 Å². The van der Waals surface area contributed by atoms with Crippen molar-refractivity contribution in [2.45, 2.75) is 31.8 Å². The molecule has 1 saturated heterocycles. The number of ether oxygens (including phenoxy) is 2. The summed E-state index contributed by atoms with van der Waals surface area (Å²) in [5.41, 5.74) is 1.15. The fourth-order valence-corrected chi connectivity index (χ4v) is 2.93. The van der Waals surface area contributed by atoms with E-state index in [-0.39, 0.29) is 18.5 Å². The van der Waals surface area contributed by atoms with Crippen molar-refractivity contribution in [2.24, 2.45) is 0 Å². The zero-order valence-corrected chi connectivity index (χ0v) is 12.6. The van der Waals surface area contributed by atoms with Gasteiger partial charge in [-0.2, -0.15) is 0 Å². The number of rotatable bonds is 6. The number of carbonyl (C=O) groups is 1. The van der Waals surface area contributed by atoms with Crippen LogP contribution in [0.2, 0.25) is 0 Å². The van der Waals surface area contributed by atoms with Gasteiger partial charge in [0.25, 0.3) is 0 Å². The first kappa shape index (κ1) is 15.8. The first-order valence-corrected chi connectivity index (χ1v) is 7.29. The molecule has 2 atom stereocenters. The molecule has 0 amide bonds. The van der Waals surface area contributed by atoms with E-state index in [9.17, 15) is 4.79 Å². The summed E-state index contributed by atoms with van der Waals surface area (Å²) >= 11 is 0. The highest BCUT2D eigenvalue weighted by Crippen LogP contribution is 2.23. The minimum Gasteiger partial charge on any atom is -0.496 e. The Labute approximate surface area is 125 Å². The Kier molecular flexibility index (Phi) is 5.59. The molecule has 116 valence electrons. The van der Waals surface area contributed by atoms with Crippen LogP contribution < -0.4 is 4.74 Å². The quantitative estimate of drug-likeness (QED) is 0.866. The lowest BCUT2D eigenvalue weighted by atomic mass is 10.0. The van der Waals surface area contributed by atoms with Crippen LogP contribution in [-0.2, 0) is 16.0 Å². The van der Waals surface area contributed by atoms with Gasteiger partial charge in [0, 0.05) is 18.6 Å².